The summed E-state index contributed by atoms with van der Waals surface area (Å²) < 4.78 is 11.1. The van der Waals surface area contributed by atoms with Gasteiger partial charge in [0.25, 0.3) is 0 Å². The van der Waals surface area contributed by atoms with Gasteiger partial charge in [-0.15, -0.1) is 0 Å². The van der Waals surface area contributed by atoms with Crippen LogP contribution in [0.2, 0.25) is 0 Å². The van der Waals surface area contributed by atoms with Crippen LogP contribution in [0.5, 0.6) is 0 Å². The van der Waals surface area contributed by atoms with Gasteiger partial charge in [-0.1, -0.05) is 24.9 Å². The highest BCUT2D eigenvalue weighted by atomic mass is 16.5. The molecule has 2 heterocycles. The van der Waals surface area contributed by atoms with Crippen molar-refractivity contribution in [3.63, 3.8) is 0 Å². The SMILES string of the molecule is CCNC1CCCCC1c1nc(C2CCCO2)no1. The summed E-state index contributed by atoms with van der Waals surface area (Å²) in [5.74, 6) is 1.92. The smallest absolute Gasteiger partial charge is 0.231 e. The van der Waals surface area contributed by atoms with Gasteiger partial charge >= 0.3 is 0 Å². The van der Waals surface area contributed by atoms with Gasteiger partial charge in [-0.2, -0.15) is 4.98 Å². The molecule has 5 heteroatoms. The maximum atomic E-state index is 5.61. The van der Waals surface area contributed by atoms with Crippen molar-refractivity contribution in [1.82, 2.24) is 15.5 Å². The van der Waals surface area contributed by atoms with Crippen molar-refractivity contribution in [1.29, 1.82) is 0 Å². The Morgan fingerprint density at radius 1 is 1.21 bits per heavy atom. The van der Waals surface area contributed by atoms with Crippen LogP contribution < -0.4 is 5.32 Å². The van der Waals surface area contributed by atoms with Crippen LogP contribution in [0, 0.1) is 0 Å². The topological polar surface area (TPSA) is 60.2 Å². The Balaban J connectivity index is 1.72. The van der Waals surface area contributed by atoms with E-state index in [1.165, 1.54) is 19.3 Å². The van der Waals surface area contributed by atoms with E-state index in [-0.39, 0.29) is 6.10 Å². The number of ether oxygens (including phenoxy) is 1. The van der Waals surface area contributed by atoms with Gasteiger partial charge in [0.15, 0.2) is 0 Å². The van der Waals surface area contributed by atoms with E-state index in [9.17, 15) is 0 Å². The first-order valence-corrected chi connectivity index (χ1v) is 7.57. The van der Waals surface area contributed by atoms with Crippen molar-refractivity contribution >= 4 is 0 Å². The third-order valence-electron chi connectivity index (χ3n) is 4.22. The minimum Gasteiger partial charge on any atom is -0.370 e. The maximum Gasteiger partial charge on any atom is 0.231 e. The molecule has 0 bridgehead atoms. The number of nitrogens with one attached hydrogen (secondary N) is 1. The fourth-order valence-corrected chi connectivity index (χ4v) is 3.24. The van der Waals surface area contributed by atoms with Crippen LogP contribution in [0.3, 0.4) is 0 Å². The number of aromatic nitrogens is 2. The fourth-order valence-electron chi connectivity index (χ4n) is 3.24. The molecule has 0 radical (unpaired) electrons. The molecule has 0 spiro atoms. The second kappa shape index (κ2) is 6.01. The highest BCUT2D eigenvalue weighted by molar-refractivity contribution is 5.03. The van der Waals surface area contributed by atoms with Crippen molar-refractivity contribution < 1.29 is 9.26 Å². The van der Waals surface area contributed by atoms with Crippen molar-refractivity contribution in [3.05, 3.63) is 11.7 Å². The molecule has 106 valence electrons. The van der Waals surface area contributed by atoms with E-state index in [1.807, 2.05) is 0 Å². The number of likely N-dealkylation sites (N-methyl/N-ethyl adjacent to an activating group) is 1. The van der Waals surface area contributed by atoms with Gasteiger partial charge in [0, 0.05) is 12.6 Å². The van der Waals surface area contributed by atoms with Crippen LogP contribution in [0.4, 0.5) is 0 Å². The maximum absolute atomic E-state index is 5.61. The average molecular weight is 265 g/mol. The molecule has 3 atom stereocenters. The first-order chi connectivity index (χ1) is 9.38. The quantitative estimate of drug-likeness (QED) is 0.906. The van der Waals surface area contributed by atoms with E-state index < -0.39 is 0 Å². The normalized spacial score (nSPS) is 31.7. The molecule has 3 unspecified atom stereocenters. The van der Waals surface area contributed by atoms with Gasteiger partial charge in [0.2, 0.25) is 11.7 Å². The molecule has 1 N–H and O–H groups in total. The number of rotatable bonds is 4. The van der Waals surface area contributed by atoms with Crippen LogP contribution in [0.1, 0.15) is 69.2 Å². The van der Waals surface area contributed by atoms with Gasteiger partial charge in [-0.05, 0) is 32.2 Å². The molecule has 19 heavy (non-hydrogen) atoms. The van der Waals surface area contributed by atoms with Crippen molar-refractivity contribution in [3.8, 4) is 0 Å². The lowest BCUT2D eigenvalue weighted by molar-refractivity contribution is 0.103. The molecule has 5 nitrogen and oxygen atoms in total. The summed E-state index contributed by atoms with van der Waals surface area (Å²) in [5, 5.41) is 7.68. The molecule has 0 aromatic carbocycles. The van der Waals surface area contributed by atoms with Gasteiger partial charge in [-0.25, -0.2) is 0 Å². The molecule has 0 amide bonds. The summed E-state index contributed by atoms with van der Waals surface area (Å²) in [6.07, 6.45) is 7.06. The molecule has 1 aliphatic carbocycles. The number of nitrogens with zero attached hydrogens (tertiary/aromatic N) is 2. The molecule has 1 saturated heterocycles. The van der Waals surface area contributed by atoms with Gasteiger partial charge in [0.1, 0.15) is 6.10 Å². The van der Waals surface area contributed by atoms with Crippen LogP contribution in [-0.4, -0.2) is 29.3 Å². The molecular weight excluding hydrogens is 242 g/mol. The Bertz CT molecular complexity index is 399. The molecule has 2 fully saturated rings. The Hall–Kier alpha value is -0.940. The first kappa shape index (κ1) is 13.1. The summed E-state index contributed by atoms with van der Waals surface area (Å²) in [6.45, 7) is 3.96. The predicted molar refractivity (Wildman–Crippen MR) is 70.9 cm³/mol. The molecular formula is C14H23N3O2. The molecule has 1 aromatic rings. The Morgan fingerprint density at radius 2 is 2.11 bits per heavy atom. The van der Waals surface area contributed by atoms with E-state index in [0.29, 0.717) is 12.0 Å². The van der Waals surface area contributed by atoms with Gasteiger partial charge < -0.3 is 14.6 Å². The van der Waals surface area contributed by atoms with Gasteiger partial charge in [-0.3, -0.25) is 0 Å². The highest BCUT2D eigenvalue weighted by Crippen LogP contribution is 2.34. The molecule has 1 saturated carbocycles. The van der Waals surface area contributed by atoms with E-state index in [2.05, 4.69) is 22.4 Å². The Morgan fingerprint density at radius 3 is 2.89 bits per heavy atom. The zero-order valence-corrected chi connectivity index (χ0v) is 11.6. The minimum absolute atomic E-state index is 0.0543. The highest BCUT2D eigenvalue weighted by Gasteiger charge is 2.32. The average Bonchev–Trinajstić information content (AvgIpc) is 3.11. The fraction of sp³-hybridized carbons (Fsp3) is 0.857. The second-order valence-corrected chi connectivity index (χ2v) is 5.55. The van der Waals surface area contributed by atoms with Crippen molar-refractivity contribution in [2.45, 2.75) is 63.5 Å². The lowest BCUT2D eigenvalue weighted by Crippen LogP contribution is -2.37. The zero-order chi connectivity index (χ0) is 13.1. The monoisotopic (exact) mass is 265 g/mol. The van der Waals surface area contributed by atoms with Crippen LogP contribution in [-0.2, 0) is 4.74 Å². The lowest BCUT2D eigenvalue weighted by atomic mass is 9.84. The lowest BCUT2D eigenvalue weighted by Gasteiger charge is -2.29. The van der Waals surface area contributed by atoms with E-state index in [0.717, 1.165) is 44.1 Å². The Kier molecular flexibility index (Phi) is 4.13. The van der Waals surface area contributed by atoms with E-state index >= 15 is 0 Å². The summed E-state index contributed by atoms with van der Waals surface area (Å²) in [7, 11) is 0. The summed E-state index contributed by atoms with van der Waals surface area (Å²) >= 11 is 0. The van der Waals surface area contributed by atoms with Crippen LogP contribution >= 0.6 is 0 Å². The van der Waals surface area contributed by atoms with Gasteiger partial charge in [0.05, 0.1) is 5.92 Å². The van der Waals surface area contributed by atoms with E-state index in [1.54, 1.807) is 0 Å². The number of hydrogen-bond donors (Lipinski definition) is 1. The zero-order valence-electron chi connectivity index (χ0n) is 11.6. The predicted octanol–water partition coefficient (Wildman–Crippen LogP) is 2.56. The van der Waals surface area contributed by atoms with E-state index in [4.69, 9.17) is 9.26 Å². The first-order valence-electron chi connectivity index (χ1n) is 7.57. The summed E-state index contributed by atoms with van der Waals surface area (Å²) in [4.78, 5) is 4.61. The second-order valence-electron chi connectivity index (χ2n) is 5.55. The molecule has 2 aliphatic rings. The van der Waals surface area contributed by atoms with Crippen molar-refractivity contribution in [2.75, 3.05) is 13.2 Å². The van der Waals surface area contributed by atoms with Crippen LogP contribution in [0.25, 0.3) is 0 Å². The Labute approximate surface area is 114 Å². The van der Waals surface area contributed by atoms with Crippen molar-refractivity contribution in [2.24, 2.45) is 0 Å². The molecule has 1 aromatic heterocycles. The summed E-state index contributed by atoms with van der Waals surface area (Å²) in [5.41, 5.74) is 0. The molecule has 3 rings (SSSR count). The number of hydrogen-bond acceptors (Lipinski definition) is 5. The summed E-state index contributed by atoms with van der Waals surface area (Å²) in [6, 6.07) is 0.483. The third-order valence-corrected chi connectivity index (χ3v) is 4.22. The molecule has 1 aliphatic heterocycles. The standard InChI is InChI=1S/C14H23N3O2/c1-2-15-11-7-4-3-6-10(11)14-16-13(17-19-14)12-8-5-9-18-12/h10-12,15H,2-9H2,1H3. The largest absolute Gasteiger partial charge is 0.370 e. The third kappa shape index (κ3) is 2.82. The minimum atomic E-state index is 0.0543. The van der Waals surface area contributed by atoms with Crippen LogP contribution in [0.15, 0.2) is 4.52 Å².